The van der Waals surface area contributed by atoms with Gasteiger partial charge < -0.3 is 4.57 Å². The Morgan fingerprint density at radius 2 is 2.33 bits per heavy atom. The first kappa shape index (κ1) is 10.4. The zero-order valence-electron chi connectivity index (χ0n) is 8.63. The largest absolute Gasteiger partial charge is 0.315 e. The lowest BCUT2D eigenvalue weighted by Crippen LogP contribution is -2.14. The van der Waals surface area contributed by atoms with Gasteiger partial charge in [-0.3, -0.25) is 0 Å². The lowest BCUT2D eigenvalue weighted by molar-refractivity contribution is 0.475. The normalized spacial score (nSPS) is 21.8. The molecular weight excluding hydrogens is 212 g/mol. The van der Waals surface area contributed by atoms with E-state index in [9.17, 15) is 8.42 Å². The fourth-order valence-corrected chi connectivity index (χ4v) is 2.70. The van der Waals surface area contributed by atoms with E-state index in [1.54, 1.807) is 17.0 Å². The van der Waals surface area contributed by atoms with E-state index in [-0.39, 0.29) is 11.2 Å². The molecular formula is C10H14N2O2S. The van der Waals surface area contributed by atoms with Crippen LogP contribution in [-0.4, -0.2) is 24.2 Å². The second-order valence-electron chi connectivity index (χ2n) is 3.82. The molecule has 1 atom stereocenters. The molecule has 1 aromatic heterocycles. The summed E-state index contributed by atoms with van der Waals surface area (Å²) in [5.41, 5.74) is 0. The van der Waals surface area contributed by atoms with Crippen molar-refractivity contribution in [3.8, 4) is 0 Å². The molecule has 0 N–H and O–H groups in total. The van der Waals surface area contributed by atoms with E-state index in [1.165, 1.54) is 6.26 Å². The fourth-order valence-electron chi connectivity index (χ4n) is 1.87. The Bertz CT molecular complexity index is 473. The highest BCUT2D eigenvalue weighted by molar-refractivity contribution is 7.90. The van der Waals surface area contributed by atoms with E-state index >= 15 is 0 Å². The Labute approximate surface area is 89.6 Å². The maximum Gasteiger partial charge on any atom is 0.227 e. The Morgan fingerprint density at radius 3 is 2.93 bits per heavy atom. The highest BCUT2D eigenvalue weighted by Gasteiger charge is 2.19. The van der Waals surface area contributed by atoms with Gasteiger partial charge in [0.25, 0.3) is 0 Å². The van der Waals surface area contributed by atoms with Crippen LogP contribution in [0.1, 0.15) is 25.3 Å². The molecule has 0 spiro atoms. The first-order valence-electron chi connectivity index (χ1n) is 4.98. The zero-order valence-corrected chi connectivity index (χ0v) is 9.44. The molecule has 1 heterocycles. The van der Waals surface area contributed by atoms with Crippen LogP contribution in [0.5, 0.6) is 0 Å². The minimum atomic E-state index is -3.22. The van der Waals surface area contributed by atoms with Gasteiger partial charge in [-0.1, -0.05) is 12.2 Å². The van der Waals surface area contributed by atoms with Crippen molar-refractivity contribution in [3.05, 3.63) is 24.5 Å². The summed E-state index contributed by atoms with van der Waals surface area (Å²) in [7, 11) is -3.22. The highest BCUT2D eigenvalue weighted by atomic mass is 32.2. The molecule has 1 aliphatic carbocycles. The SMILES string of the molecule is CS(=O)(=O)c1nccn1C1C=CCCC1. The van der Waals surface area contributed by atoms with Crippen molar-refractivity contribution in [1.29, 1.82) is 0 Å². The van der Waals surface area contributed by atoms with Crippen LogP contribution in [0.4, 0.5) is 0 Å². The average Bonchev–Trinajstić information content (AvgIpc) is 2.67. The Kier molecular flexibility index (Phi) is 2.65. The molecule has 5 heteroatoms. The van der Waals surface area contributed by atoms with E-state index in [0.29, 0.717) is 0 Å². The Hall–Kier alpha value is -1.10. The second-order valence-corrected chi connectivity index (χ2v) is 5.73. The molecule has 1 unspecified atom stereocenters. The van der Waals surface area contributed by atoms with Crippen molar-refractivity contribution in [2.24, 2.45) is 0 Å². The van der Waals surface area contributed by atoms with E-state index in [0.717, 1.165) is 19.3 Å². The summed E-state index contributed by atoms with van der Waals surface area (Å²) in [6.45, 7) is 0. The molecule has 0 saturated heterocycles. The predicted molar refractivity (Wildman–Crippen MR) is 57.4 cm³/mol. The standard InChI is InChI=1S/C10H14N2O2S/c1-15(13,14)10-11-7-8-12(10)9-5-3-2-4-6-9/h3,5,7-9H,2,4,6H2,1H3. The summed E-state index contributed by atoms with van der Waals surface area (Å²) in [6.07, 6.45) is 11.8. The maximum atomic E-state index is 11.5. The van der Waals surface area contributed by atoms with Gasteiger partial charge in [0.1, 0.15) is 0 Å². The van der Waals surface area contributed by atoms with Crippen molar-refractivity contribution < 1.29 is 8.42 Å². The number of imidazole rings is 1. The lowest BCUT2D eigenvalue weighted by atomic mass is 10.0. The van der Waals surface area contributed by atoms with Crippen molar-refractivity contribution in [2.45, 2.75) is 30.5 Å². The topological polar surface area (TPSA) is 52.0 Å². The number of rotatable bonds is 2. The highest BCUT2D eigenvalue weighted by Crippen LogP contribution is 2.24. The maximum absolute atomic E-state index is 11.5. The predicted octanol–water partition coefficient (Wildman–Crippen LogP) is 1.57. The van der Waals surface area contributed by atoms with Gasteiger partial charge in [0, 0.05) is 18.6 Å². The van der Waals surface area contributed by atoms with Crippen LogP contribution in [0.2, 0.25) is 0 Å². The molecule has 1 aliphatic rings. The second kappa shape index (κ2) is 3.81. The van der Waals surface area contributed by atoms with Gasteiger partial charge in [-0.2, -0.15) is 0 Å². The average molecular weight is 226 g/mol. The van der Waals surface area contributed by atoms with Gasteiger partial charge in [0.05, 0.1) is 6.04 Å². The molecule has 1 aromatic rings. The van der Waals surface area contributed by atoms with Crippen molar-refractivity contribution in [3.63, 3.8) is 0 Å². The van der Waals surface area contributed by atoms with Gasteiger partial charge in [-0.05, 0) is 19.3 Å². The van der Waals surface area contributed by atoms with E-state index in [1.807, 2.05) is 0 Å². The third kappa shape index (κ3) is 2.12. The molecule has 0 radical (unpaired) electrons. The molecule has 0 fully saturated rings. The molecule has 82 valence electrons. The van der Waals surface area contributed by atoms with Crippen molar-refractivity contribution >= 4 is 9.84 Å². The van der Waals surface area contributed by atoms with Crippen LogP contribution in [-0.2, 0) is 9.84 Å². The van der Waals surface area contributed by atoms with Crippen molar-refractivity contribution in [1.82, 2.24) is 9.55 Å². The van der Waals surface area contributed by atoms with E-state index in [2.05, 4.69) is 17.1 Å². The monoisotopic (exact) mass is 226 g/mol. The smallest absolute Gasteiger partial charge is 0.227 e. The van der Waals surface area contributed by atoms with Crippen LogP contribution in [0.15, 0.2) is 29.7 Å². The summed E-state index contributed by atoms with van der Waals surface area (Å²) in [6, 6.07) is 0.144. The Balaban J connectivity index is 2.40. The molecule has 0 bridgehead atoms. The van der Waals surface area contributed by atoms with E-state index in [4.69, 9.17) is 0 Å². The van der Waals surface area contributed by atoms with Crippen LogP contribution >= 0.6 is 0 Å². The fraction of sp³-hybridized carbons (Fsp3) is 0.500. The summed E-state index contributed by atoms with van der Waals surface area (Å²) in [4.78, 5) is 3.90. The van der Waals surface area contributed by atoms with Crippen LogP contribution in [0, 0.1) is 0 Å². The van der Waals surface area contributed by atoms with Crippen LogP contribution < -0.4 is 0 Å². The lowest BCUT2D eigenvalue weighted by Gasteiger charge is -2.19. The molecule has 0 saturated carbocycles. The van der Waals surface area contributed by atoms with Gasteiger partial charge in [0.2, 0.25) is 15.0 Å². The molecule has 0 aromatic carbocycles. The first-order chi connectivity index (χ1) is 7.09. The zero-order chi connectivity index (χ0) is 10.9. The molecule has 0 aliphatic heterocycles. The first-order valence-corrected chi connectivity index (χ1v) is 6.88. The third-order valence-corrected chi connectivity index (χ3v) is 3.53. The minimum absolute atomic E-state index is 0.144. The quantitative estimate of drug-likeness (QED) is 0.719. The minimum Gasteiger partial charge on any atom is -0.315 e. The number of sulfone groups is 1. The number of hydrogen-bond donors (Lipinski definition) is 0. The summed E-state index contributed by atoms with van der Waals surface area (Å²) in [5, 5.41) is 0.166. The van der Waals surface area contributed by atoms with Gasteiger partial charge in [-0.15, -0.1) is 0 Å². The Morgan fingerprint density at radius 1 is 1.53 bits per heavy atom. The number of aromatic nitrogens is 2. The summed E-state index contributed by atoms with van der Waals surface area (Å²) in [5.74, 6) is 0. The molecule has 4 nitrogen and oxygen atoms in total. The van der Waals surface area contributed by atoms with Gasteiger partial charge in [-0.25, -0.2) is 13.4 Å². The number of hydrogen-bond acceptors (Lipinski definition) is 3. The summed E-state index contributed by atoms with van der Waals surface area (Å²) >= 11 is 0. The number of nitrogens with zero attached hydrogens (tertiary/aromatic N) is 2. The van der Waals surface area contributed by atoms with Gasteiger partial charge in [0.15, 0.2) is 0 Å². The summed E-state index contributed by atoms with van der Waals surface area (Å²) < 4.78 is 24.6. The molecule has 15 heavy (non-hydrogen) atoms. The number of allylic oxidation sites excluding steroid dienone is 2. The van der Waals surface area contributed by atoms with Crippen molar-refractivity contribution in [2.75, 3.05) is 6.26 Å². The molecule has 2 rings (SSSR count). The molecule has 0 amide bonds. The van der Waals surface area contributed by atoms with Gasteiger partial charge >= 0.3 is 0 Å². The van der Waals surface area contributed by atoms with E-state index < -0.39 is 9.84 Å². The van der Waals surface area contributed by atoms with Crippen LogP contribution in [0.3, 0.4) is 0 Å². The van der Waals surface area contributed by atoms with Crippen LogP contribution in [0.25, 0.3) is 0 Å². The third-order valence-electron chi connectivity index (χ3n) is 2.55.